The van der Waals surface area contributed by atoms with Crippen LogP contribution in [0.4, 0.5) is 0 Å². The molecule has 1 aliphatic heterocycles. The van der Waals surface area contributed by atoms with Crippen molar-refractivity contribution in [3.63, 3.8) is 0 Å². The minimum absolute atomic E-state index is 0.114. The van der Waals surface area contributed by atoms with E-state index in [2.05, 4.69) is 12.2 Å². The van der Waals surface area contributed by atoms with Crippen molar-refractivity contribution in [3.05, 3.63) is 47.5 Å². The van der Waals surface area contributed by atoms with Gasteiger partial charge in [0.1, 0.15) is 6.04 Å². The molecule has 2 saturated carbocycles. The van der Waals surface area contributed by atoms with Crippen LogP contribution in [0.1, 0.15) is 29.3 Å². The second-order valence-electron chi connectivity index (χ2n) is 8.77. The van der Waals surface area contributed by atoms with E-state index in [1.165, 1.54) is 6.92 Å². The molecule has 5 aliphatic rings. The number of hydrogen-bond donors (Lipinski definition) is 0. The molecule has 1 aromatic carbocycles. The van der Waals surface area contributed by atoms with Crippen LogP contribution in [0.5, 0.6) is 0 Å². The number of carbonyl (C=O) groups excluding carboxylic acids is 4. The third-order valence-electron chi connectivity index (χ3n) is 7.14. The number of benzene rings is 1. The van der Waals surface area contributed by atoms with Gasteiger partial charge in [0.15, 0.2) is 12.4 Å². The number of Topliss-reactive ketones (excluding diaryl/α,β-unsaturated/α-hetero) is 1. The number of allylic oxidation sites excluding steroid dienone is 2. The van der Waals surface area contributed by atoms with Gasteiger partial charge in [-0.1, -0.05) is 42.0 Å². The van der Waals surface area contributed by atoms with Crippen molar-refractivity contribution < 1.29 is 23.9 Å². The average Bonchev–Trinajstić information content (AvgIpc) is 3.49. The summed E-state index contributed by atoms with van der Waals surface area (Å²) in [7, 11) is 0. The Balaban J connectivity index is 1.26. The highest BCUT2D eigenvalue weighted by Crippen LogP contribution is 2.65. The van der Waals surface area contributed by atoms with Gasteiger partial charge >= 0.3 is 5.97 Å². The van der Waals surface area contributed by atoms with Crippen LogP contribution in [0.3, 0.4) is 0 Å². The van der Waals surface area contributed by atoms with E-state index in [4.69, 9.17) is 4.74 Å². The van der Waals surface area contributed by atoms with E-state index in [-0.39, 0.29) is 41.3 Å². The van der Waals surface area contributed by atoms with E-state index < -0.39 is 18.6 Å². The number of hydrogen-bond acceptors (Lipinski definition) is 5. The molecule has 6 rings (SSSR count). The number of esters is 1. The number of ketones is 1. The van der Waals surface area contributed by atoms with Crippen LogP contribution in [0, 0.1) is 42.4 Å². The third kappa shape index (κ3) is 2.69. The lowest BCUT2D eigenvalue weighted by molar-refractivity contribution is -0.157. The summed E-state index contributed by atoms with van der Waals surface area (Å²) in [4.78, 5) is 51.9. The molecule has 6 heteroatoms. The summed E-state index contributed by atoms with van der Waals surface area (Å²) >= 11 is 0. The highest BCUT2D eigenvalue weighted by atomic mass is 16.5. The van der Waals surface area contributed by atoms with Crippen LogP contribution in [-0.2, 0) is 19.1 Å². The number of rotatable bonds is 5. The molecule has 2 amide bonds. The minimum Gasteiger partial charge on any atom is -0.456 e. The van der Waals surface area contributed by atoms with E-state index >= 15 is 0 Å². The summed E-state index contributed by atoms with van der Waals surface area (Å²) in [6.07, 6.45) is 5.28. The van der Waals surface area contributed by atoms with Crippen LogP contribution in [0.2, 0.25) is 0 Å². The van der Waals surface area contributed by atoms with Crippen LogP contribution in [0.25, 0.3) is 0 Å². The molecule has 0 aromatic heterocycles. The predicted octanol–water partition coefficient (Wildman–Crippen LogP) is 2.16. The monoisotopic (exact) mass is 393 g/mol. The second-order valence-corrected chi connectivity index (χ2v) is 8.77. The molecule has 0 N–H and O–H groups in total. The minimum atomic E-state index is -1.03. The Morgan fingerprint density at radius 1 is 1.03 bits per heavy atom. The standard InChI is InChI=1S/C23H23NO5/c1-11-3-5-13(6-4-11)18(25)10-29-23(28)12(2)24-21(26)19-14-7-8-15(17-9-16(14)17)20(19)22(24)27/h3-8,12,14-17,19-20H,9-10H2,1-2H3/t12-,14-,15-,16-,17-,19-,20+/m1/s1. The smallest absolute Gasteiger partial charge is 0.329 e. The van der Waals surface area contributed by atoms with E-state index in [0.29, 0.717) is 17.4 Å². The van der Waals surface area contributed by atoms with Gasteiger partial charge in [0.05, 0.1) is 11.8 Å². The molecular formula is C23H23NO5. The van der Waals surface area contributed by atoms with E-state index in [9.17, 15) is 19.2 Å². The van der Waals surface area contributed by atoms with Gasteiger partial charge in [-0.3, -0.25) is 19.3 Å². The van der Waals surface area contributed by atoms with Crippen molar-refractivity contribution in [1.29, 1.82) is 0 Å². The SMILES string of the molecule is Cc1ccc(C(=O)COC(=O)[C@@H](C)N2C(=O)[C@@H]3[C@@H]4C=C[C@H]([C@H]5C[C@H]45)[C@@H]3C2=O)cc1. The quantitative estimate of drug-likeness (QED) is 0.331. The van der Waals surface area contributed by atoms with Crippen molar-refractivity contribution in [2.24, 2.45) is 35.5 Å². The number of ether oxygens (including phenoxy) is 1. The Bertz CT molecular complexity index is 913. The summed E-state index contributed by atoms with van der Waals surface area (Å²) in [6, 6.07) is 5.96. The molecule has 29 heavy (non-hydrogen) atoms. The molecule has 0 spiro atoms. The van der Waals surface area contributed by atoms with Crippen molar-refractivity contribution in [1.82, 2.24) is 4.90 Å². The van der Waals surface area contributed by atoms with Gasteiger partial charge in [-0.15, -0.1) is 0 Å². The summed E-state index contributed by atoms with van der Waals surface area (Å²) < 4.78 is 5.16. The fraction of sp³-hybridized carbons (Fsp3) is 0.478. The van der Waals surface area contributed by atoms with Gasteiger partial charge in [0, 0.05) is 5.56 Å². The lowest BCUT2D eigenvalue weighted by Gasteiger charge is -2.37. The van der Waals surface area contributed by atoms with Crippen molar-refractivity contribution >= 4 is 23.6 Å². The second kappa shape index (κ2) is 6.37. The summed E-state index contributed by atoms with van der Waals surface area (Å²) in [5.41, 5.74) is 1.48. The molecule has 0 unspecified atom stereocenters. The summed E-state index contributed by atoms with van der Waals surface area (Å²) in [5, 5.41) is 0. The number of imide groups is 1. The number of likely N-dealkylation sites (tertiary alicyclic amines) is 1. The molecule has 7 atom stereocenters. The van der Waals surface area contributed by atoms with Crippen LogP contribution >= 0.6 is 0 Å². The first-order valence-corrected chi connectivity index (χ1v) is 10.2. The Morgan fingerprint density at radius 3 is 2.14 bits per heavy atom. The lowest BCUT2D eigenvalue weighted by Crippen LogP contribution is -2.45. The molecule has 1 aromatic rings. The zero-order valence-electron chi connectivity index (χ0n) is 16.4. The Kier molecular flexibility index (Phi) is 4.02. The van der Waals surface area contributed by atoms with Gasteiger partial charge in [-0.25, -0.2) is 4.79 Å². The fourth-order valence-corrected chi connectivity index (χ4v) is 5.55. The highest BCUT2D eigenvalue weighted by molar-refractivity contribution is 6.09. The highest BCUT2D eigenvalue weighted by Gasteiger charge is 2.67. The molecule has 0 radical (unpaired) electrons. The molecule has 4 aliphatic carbocycles. The van der Waals surface area contributed by atoms with Crippen molar-refractivity contribution in [2.45, 2.75) is 26.3 Å². The molecule has 2 bridgehead atoms. The Morgan fingerprint density at radius 2 is 1.59 bits per heavy atom. The lowest BCUT2D eigenvalue weighted by atomic mass is 9.63. The van der Waals surface area contributed by atoms with Crippen molar-refractivity contribution in [3.8, 4) is 0 Å². The topological polar surface area (TPSA) is 80.8 Å². The predicted molar refractivity (Wildman–Crippen MR) is 102 cm³/mol. The molecule has 3 fully saturated rings. The largest absolute Gasteiger partial charge is 0.456 e. The van der Waals surface area contributed by atoms with Gasteiger partial charge in [0.25, 0.3) is 0 Å². The fourth-order valence-electron chi connectivity index (χ4n) is 5.55. The maximum absolute atomic E-state index is 13.0. The first kappa shape index (κ1) is 18.3. The molecule has 150 valence electrons. The number of amides is 2. The molecule has 1 heterocycles. The maximum Gasteiger partial charge on any atom is 0.329 e. The number of nitrogens with zero attached hydrogens (tertiary/aromatic N) is 1. The maximum atomic E-state index is 13.0. The summed E-state index contributed by atoms with van der Waals surface area (Å²) in [5.74, 6) is -1.01. The van der Waals surface area contributed by atoms with E-state index in [0.717, 1.165) is 16.9 Å². The zero-order valence-corrected chi connectivity index (χ0v) is 16.4. The van der Waals surface area contributed by atoms with Gasteiger partial charge in [0.2, 0.25) is 11.8 Å². The number of aryl methyl sites for hydroxylation is 1. The molecular weight excluding hydrogens is 370 g/mol. The Labute approximate surface area is 168 Å². The molecule has 6 nitrogen and oxygen atoms in total. The average molecular weight is 393 g/mol. The first-order valence-electron chi connectivity index (χ1n) is 10.2. The van der Waals surface area contributed by atoms with Crippen LogP contribution in [0.15, 0.2) is 36.4 Å². The van der Waals surface area contributed by atoms with Crippen molar-refractivity contribution in [2.75, 3.05) is 6.61 Å². The first-order chi connectivity index (χ1) is 13.9. The van der Waals surface area contributed by atoms with E-state index in [1.54, 1.807) is 12.1 Å². The normalized spacial score (nSPS) is 34.6. The molecule has 1 saturated heterocycles. The number of carbonyl (C=O) groups is 4. The van der Waals surface area contributed by atoms with Gasteiger partial charge < -0.3 is 4.74 Å². The van der Waals surface area contributed by atoms with Crippen LogP contribution in [-0.4, -0.2) is 41.1 Å². The zero-order chi connectivity index (χ0) is 20.4. The van der Waals surface area contributed by atoms with Gasteiger partial charge in [-0.2, -0.15) is 0 Å². The van der Waals surface area contributed by atoms with Crippen LogP contribution < -0.4 is 0 Å². The third-order valence-corrected chi connectivity index (χ3v) is 7.14. The Hall–Kier alpha value is -2.76. The van der Waals surface area contributed by atoms with Gasteiger partial charge in [-0.05, 0) is 43.9 Å². The summed E-state index contributed by atoms with van der Waals surface area (Å²) in [6.45, 7) is 3.01. The van der Waals surface area contributed by atoms with E-state index in [1.807, 2.05) is 19.1 Å².